The van der Waals surface area contributed by atoms with Crippen LogP contribution in [0.4, 0.5) is 0 Å². The molecule has 0 bridgehead atoms. The number of likely N-dealkylation sites (N-methyl/N-ethyl adjacent to an activating group) is 1. The Morgan fingerprint density at radius 1 is 1.31 bits per heavy atom. The average molecular weight is 239 g/mol. The molecule has 1 heterocycles. The molecular weight excluding hydrogens is 214 g/mol. The number of hydrogen-bond acceptors (Lipinski definition) is 2. The van der Waals surface area contributed by atoms with Gasteiger partial charge in [0.05, 0.1) is 0 Å². The molecule has 2 heteroatoms. The Balaban J connectivity index is 2.43. The van der Waals surface area contributed by atoms with Crippen molar-refractivity contribution in [3.05, 3.63) is 21.9 Å². The molecule has 0 saturated heterocycles. The van der Waals surface area contributed by atoms with Crippen LogP contribution in [0, 0.1) is 0 Å². The molecule has 1 atom stereocenters. The number of thiophene rings is 1. The second-order valence-corrected chi connectivity index (χ2v) is 5.57. The maximum Gasteiger partial charge on any atom is 0.00804 e. The van der Waals surface area contributed by atoms with Crippen molar-refractivity contribution in [1.29, 1.82) is 0 Å². The monoisotopic (exact) mass is 239 g/mol. The highest BCUT2D eigenvalue weighted by Gasteiger charge is 2.10. The number of unbranched alkanes of at least 4 members (excludes halogenated alkanes) is 3. The van der Waals surface area contributed by atoms with E-state index in [2.05, 4.69) is 30.6 Å². The third-order valence-corrected chi connectivity index (χ3v) is 4.08. The Bertz CT molecular complexity index is 280. The molecule has 92 valence electrons. The van der Waals surface area contributed by atoms with Gasteiger partial charge < -0.3 is 5.32 Å². The molecule has 1 nitrogen and oxygen atoms in total. The topological polar surface area (TPSA) is 12.0 Å². The lowest BCUT2D eigenvalue weighted by Crippen LogP contribution is -2.15. The fraction of sp³-hybridized carbons (Fsp3) is 0.714. The third-order valence-electron chi connectivity index (χ3n) is 3.08. The zero-order valence-corrected chi connectivity index (χ0v) is 11.7. The molecule has 1 unspecified atom stereocenters. The summed E-state index contributed by atoms with van der Waals surface area (Å²) < 4.78 is 0. The average Bonchev–Trinajstić information content (AvgIpc) is 2.73. The van der Waals surface area contributed by atoms with Crippen LogP contribution in [0.15, 0.2) is 11.4 Å². The Morgan fingerprint density at radius 2 is 2.12 bits per heavy atom. The van der Waals surface area contributed by atoms with Crippen molar-refractivity contribution in [3.8, 4) is 0 Å². The van der Waals surface area contributed by atoms with Crippen LogP contribution in [0.5, 0.6) is 0 Å². The highest BCUT2D eigenvalue weighted by Crippen LogP contribution is 2.26. The second-order valence-electron chi connectivity index (χ2n) is 4.57. The minimum absolute atomic E-state index is 0.650. The van der Waals surface area contributed by atoms with Crippen molar-refractivity contribution < 1.29 is 0 Å². The summed E-state index contributed by atoms with van der Waals surface area (Å²) in [6.45, 7) is 5.67. The van der Waals surface area contributed by atoms with Crippen molar-refractivity contribution in [3.63, 3.8) is 0 Å². The number of hydrogen-bond donors (Lipinski definition) is 1. The summed E-state index contributed by atoms with van der Waals surface area (Å²) >= 11 is 1.93. The van der Waals surface area contributed by atoms with E-state index in [9.17, 15) is 0 Å². The minimum Gasteiger partial charge on any atom is -0.319 e. The summed E-state index contributed by atoms with van der Waals surface area (Å²) in [5, 5.41) is 5.51. The fourth-order valence-corrected chi connectivity index (χ4v) is 3.17. The highest BCUT2D eigenvalue weighted by atomic mass is 32.1. The van der Waals surface area contributed by atoms with Crippen LogP contribution in [-0.4, -0.2) is 13.6 Å². The van der Waals surface area contributed by atoms with E-state index in [1.54, 1.807) is 10.4 Å². The van der Waals surface area contributed by atoms with Crippen LogP contribution in [-0.2, 0) is 6.42 Å². The summed E-state index contributed by atoms with van der Waals surface area (Å²) in [6.07, 6.45) is 6.73. The third kappa shape index (κ3) is 4.26. The molecule has 0 saturated carbocycles. The molecule has 0 radical (unpaired) electrons. The largest absolute Gasteiger partial charge is 0.319 e. The lowest BCUT2D eigenvalue weighted by molar-refractivity contribution is 0.651. The number of rotatable bonds is 8. The van der Waals surface area contributed by atoms with Crippen LogP contribution in [0.25, 0.3) is 0 Å². The second kappa shape index (κ2) is 7.86. The van der Waals surface area contributed by atoms with Gasteiger partial charge in [0, 0.05) is 11.4 Å². The van der Waals surface area contributed by atoms with Gasteiger partial charge in [0.2, 0.25) is 0 Å². The van der Waals surface area contributed by atoms with E-state index in [-0.39, 0.29) is 0 Å². The molecule has 16 heavy (non-hydrogen) atoms. The summed E-state index contributed by atoms with van der Waals surface area (Å²) in [4.78, 5) is 1.61. The molecule has 0 aliphatic rings. The molecule has 0 aliphatic carbocycles. The van der Waals surface area contributed by atoms with Gasteiger partial charge in [-0.2, -0.15) is 0 Å². The van der Waals surface area contributed by atoms with Crippen molar-refractivity contribution in [2.75, 3.05) is 13.6 Å². The summed E-state index contributed by atoms with van der Waals surface area (Å²) in [5.41, 5.74) is 1.57. The number of nitrogens with one attached hydrogen (secondary N) is 1. The predicted molar refractivity (Wildman–Crippen MR) is 74.5 cm³/mol. The van der Waals surface area contributed by atoms with E-state index in [0.29, 0.717) is 5.92 Å². The van der Waals surface area contributed by atoms with Gasteiger partial charge in [-0.15, -0.1) is 11.3 Å². The molecule has 0 aromatic carbocycles. The zero-order valence-electron chi connectivity index (χ0n) is 10.9. The Labute approximate surface area is 104 Å². The van der Waals surface area contributed by atoms with Gasteiger partial charge in [0.15, 0.2) is 0 Å². The van der Waals surface area contributed by atoms with Crippen LogP contribution >= 0.6 is 11.3 Å². The van der Waals surface area contributed by atoms with Crippen LogP contribution in [0.1, 0.15) is 55.9 Å². The van der Waals surface area contributed by atoms with Crippen LogP contribution < -0.4 is 5.32 Å². The molecule has 1 aromatic rings. The first kappa shape index (κ1) is 13.7. The maximum atomic E-state index is 3.26. The van der Waals surface area contributed by atoms with E-state index in [0.717, 1.165) is 6.54 Å². The van der Waals surface area contributed by atoms with E-state index in [4.69, 9.17) is 0 Å². The van der Waals surface area contributed by atoms with Crippen molar-refractivity contribution in [1.82, 2.24) is 5.32 Å². The van der Waals surface area contributed by atoms with Crippen LogP contribution in [0.3, 0.4) is 0 Å². The van der Waals surface area contributed by atoms with Gasteiger partial charge in [0.1, 0.15) is 0 Å². The highest BCUT2D eigenvalue weighted by molar-refractivity contribution is 7.10. The Kier molecular flexibility index (Phi) is 6.74. The lowest BCUT2D eigenvalue weighted by Gasteiger charge is -2.12. The van der Waals surface area contributed by atoms with Gasteiger partial charge in [-0.25, -0.2) is 0 Å². The summed E-state index contributed by atoms with van der Waals surface area (Å²) in [6, 6.07) is 2.31. The van der Waals surface area contributed by atoms with Crippen molar-refractivity contribution >= 4 is 11.3 Å². The van der Waals surface area contributed by atoms with Crippen molar-refractivity contribution in [2.45, 2.75) is 51.9 Å². The molecule has 0 aliphatic heterocycles. The Morgan fingerprint density at radius 3 is 2.81 bits per heavy atom. The zero-order chi connectivity index (χ0) is 11.8. The molecular formula is C14H25NS. The normalized spacial score (nSPS) is 12.9. The fourth-order valence-electron chi connectivity index (χ4n) is 2.12. The predicted octanol–water partition coefficient (Wildman–Crippen LogP) is 4.19. The molecule has 1 aromatic heterocycles. The first-order valence-electron chi connectivity index (χ1n) is 6.50. The standard InChI is InChI=1S/C14H25NS/c1-4-5-6-7-8-14-13(9-10-16-14)12(2)11-15-3/h9-10,12,15H,4-8,11H2,1-3H3. The quantitative estimate of drug-likeness (QED) is 0.671. The molecule has 0 amide bonds. The van der Waals surface area contributed by atoms with Gasteiger partial charge in [-0.05, 0) is 42.8 Å². The smallest absolute Gasteiger partial charge is 0.00804 e. The van der Waals surface area contributed by atoms with E-state index in [1.165, 1.54) is 32.1 Å². The molecule has 1 N–H and O–H groups in total. The van der Waals surface area contributed by atoms with Crippen LogP contribution in [0.2, 0.25) is 0 Å². The minimum atomic E-state index is 0.650. The molecule has 0 fully saturated rings. The first-order valence-corrected chi connectivity index (χ1v) is 7.38. The SMILES string of the molecule is CCCCCCc1sccc1C(C)CNC. The lowest BCUT2D eigenvalue weighted by atomic mass is 9.99. The van der Waals surface area contributed by atoms with E-state index >= 15 is 0 Å². The van der Waals surface area contributed by atoms with Gasteiger partial charge in [0.25, 0.3) is 0 Å². The van der Waals surface area contributed by atoms with Gasteiger partial charge in [-0.3, -0.25) is 0 Å². The van der Waals surface area contributed by atoms with Gasteiger partial charge in [-0.1, -0.05) is 33.1 Å². The van der Waals surface area contributed by atoms with E-state index in [1.807, 2.05) is 18.4 Å². The Hall–Kier alpha value is -0.340. The number of aryl methyl sites for hydroxylation is 1. The van der Waals surface area contributed by atoms with E-state index < -0.39 is 0 Å². The summed E-state index contributed by atoms with van der Waals surface area (Å²) in [5.74, 6) is 0.650. The summed E-state index contributed by atoms with van der Waals surface area (Å²) in [7, 11) is 2.03. The van der Waals surface area contributed by atoms with Crippen molar-refractivity contribution in [2.24, 2.45) is 0 Å². The van der Waals surface area contributed by atoms with Gasteiger partial charge >= 0.3 is 0 Å². The maximum absolute atomic E-state index is 3.26. The molecule has 1 rings (SSSR count). The molecule has 0 spiro atoms. The first-order chi connectivity index (χ1) is 7.79.